The molecule has 0 aromatic rings. The van der Waals surface area contributed by atoms with Crippen molar-refractivity contribution in [2.24, 2.45) is 5.73 Å². The van der Waals surface area contributed by atoms with Crippen LogP contribution < -0.4 is 16.4 Å². The lowest BCUT2D eigenvalue weighted by Gasteiger charge is -2.27. The van der Waals surface area contributed by atoms with Crippen molar-refractivity contribution in [1.29, 1.82) is 0 Å². The molecule has 1 fully saturated rings. The van der Waals surface area contributed by atoms with Crippen LogP contribution in [-0.2, 0) is 0 Å². The summed E-state index contributed by atoms with van der Waals surface area (Å²) in [7, 11) is 0. The van der Waals surface area contributed by atoms with Crippen LogP contribution in [0.4, 0.5) is 0 Å². The van der Waals surface area contributed by atoms with Crippen LogP contribution in [-0.4, -0.2) is 38.0 Å². The predicted molar refractivity (Wildman–Crippen MR) is 41.2 cm³/mol. The van der Waals surface area contributed by atoms with Crippen LogP contribution in [0.1, 0.15) is 6.42 Å². The predicted octanol–water partition coefficient (Wildman–Crippen LogP) is -1.30. The standard InChI is InChI=1S/C6H16N4/c7-2-1-3-10-5-8-4-9-6-10/h8-9H,1-7H2. The molecule has 4 nitrogen and oxygen atoms in total. The Balaban J connectivity index is 2.02. The molecule has 0 aliphatic carbocycles. The summed E-state index contributed by atoms with van der Waals surface area (Å²) in [4.78, 5) is 2.30. The lowest BCUT2D eigenvalue weighted by Crippen LogP contribution is -2.50. The van der Waals surface area contributed by atoms with Gasteiger partial charge in [-0.3, -0.25) is 15.5 Å². The first-order valence-corrected chi connectivity index (χ1v) is 3.77. The van der Waals surface area contributed by atoms with E-state index in [4.69, 9.17) is 5.73 Å². The van der Waals surface area contributed by atoms with Gasteiger partial charge in [0.1, 0.15) is 0 Å². The third-order valence-electron chi connectivity index (χ3n) is 1.60. The zero-order chi connectivity index (χ0) is 7.23. The minimum atomic E-state index is 0.788. The Morgan fingerprint density at radius 3 is 2.60 bits per heavy atom. The average molecular weight is 144 g/mol. The molecule has 0 saturated carbocycles. The maximum atomic E-state index is 5.38. The number of nitrogens with two attached hydrogens (primary N) is 1. The molecule has 0 aromatic carbocycles. The van der Waals surface area contributed by atoms with Gasteiger partial charge in [0.2, 0.25) is 0 Å². The number of nitrogens with zero attached hydrogens (tertiary/aromatic N) is 1. The van der Waals surface area contributed by atoms with Gasteiger partial charge in [0, 0.05) is 13.2 Å². The molecule has 0 amide bonds. The summed E-state index contributed by atoms with van der Waals surface area (Å²) in [6.07, 6.45) is 1.09. The van der Waals surface area contributed by atoms with E-state index >= 15 is 0 Å². The maximum absolute atomic E-state index is 5.38. The summed E-state index contributed by atoms with van der Waals surface area (Å²) in [6, 6.07) is 0. The highest BCUT2D eigenvalue weighted by atomic mass is 15.4. The van der Waals surface area contributed by atoms with Crippen LogP contribution in [0, 0.1) is 0 Å². The molecule has 1 aliphatic heterocycles. The molecule has 0 radical (unpaired) electrons. The van der Waals surface area contributed by atoms with Crippen molar-refractivity contribution in [3.63, 3.8) is 0 Å². The minimum absolute atomic E-state index is 0.788. The quantitative estimate of drug-likeness (QED) is 0.461. The van der Waals surface area contributed by atoms with Crippen LogP contribution in [0.2, 0.25) is 0 Å². The average Bonchev–Trinajstić information content (AvgIpc) is 2.03. The van der Waals surface area contributed by atoms with Gasteiger partial charge >= 0.3 is 0 Å². The van der Waals surface area contributed by atoms with Gasteiger partial charge in [-0.1, -0.05) is 0 Å². The molecule has 0 bridgehead atoms. The van der Waals surface area contributed by atoms with Gasteiger partial charge in [0.05, 0.1) is 13.3 Å². The van der Waals surface area contributed by atoms with Crippen LogP contribution >= 0.6 is 0 Å². The molecule has 0 atom stereocenters. The van der Waals surface area contributed by atoms with E-state index in [1.165, 1.54) is 0 Å². The van der Waals surface area contributed by atoms with Crippen molar-refractivity contribution in [3.05, 3.63) is 0 Å². The zero-order valence-corrected chi connectivity index (χ0v) is 6.27. The van der Waals surface area contributed by atoms with E-state index in [1.807, 2.05) is 0 Å². The molecule has 60 valence electrons. The summed E-state index contributed by atoms with van der Waals surface area (Å²) in [5, 5.41) is 6.44. The highest BCUT2D eigenvalue weighted by Gasteiger charge is 2.05. The molecular formula is C6H16N4. The topological polar surface area (TPSA) is 53.3 Å². The lowest BCUT2D eigenvalue weighted by molar-refractivity contribution is 0.190. The van der Waals surface area contributed by atoms with Crippen molar-refractivity contribution in [2.75, 3.05) is 33.1 Å². The molecule has 10 heavy (non-hydrogen) atoms. The largest absolute Gasteiger partial charge is 0.330 e. The third kappa shape index (κ3) is 2.62. The number of hydrogen-bond acceptors (Lipinski definition) is 4. The molecule has 1 saturated heterocycles. The van der Waals surface area contributed by atoms with Gasteiger partial charge in [-0.25, -0.2) is 0 Å². The molecule has 4 N–H and O–H groups in total. The Bertz CT molecular complexity index is 79.8. The molecule has 1 heterocycles. The Labute approximate surface area is 61.8 Å². The summed E-state index contributed by atoms with van der Waals surface area (Å²) in [5.74, 6) is 0. The van der Waals surface area contributed by atoms with E-state index in [2.05, 4.69) is 15.5 Å². The second kappa shape index (κ2) is 4.62. The first kappa shape index (κ1) is 7.94. The van der Waals surface area contributed by atoms with Crippen molar-refractivity contribution in [2.45, 2.75) is 6.42 Å². The van der Waals surface area contributed by atoms with Gasteiger partial charge in [-0.15, -0.1) is 0 Å². The molecule has 0 aromatic heterocycles. The Kier molecular flexibility index (Phi) is 3.67. The van der Waals surface area contributed by atoms with Crippen molar-refractivity contribution in [3.8, 4) is 0 Å². The van der Waals surface area contributed by atoms with E-state index in [-0.39, 0.29) is 0 Å². The van der Waals surface area contributed by atoms with E-state index < -0.39 is 0 Å². The highest BCUT2D eigenvalue weighted by Crippen LogP contribution is 1.88. The lowest BCUT2D eigenvalue weighted by atomic mass is 10.4. The normalized spacial score (nSPS) is 21.3. The number of nitrogens with one attached hydrogen (secondary N) is 2. The smallest absolute Gasteiger partial charge is 0.0502 e. The Morgan fingerprint density at radius 2 is 2.00 bits per heavy atom. The Hall–Kier alpha value is -0.160. The zero-order valence-electron chi connectivity index (χ0n) is 6.27. The third-order valence-corrected chi connectivity index (χ3v) is 1.60. The molecule has 1 rings (SSSR count). The fourth-order valence-corrected chi connectivity index (χ4v) is 1.05. The summed E-state index contributed by atoms with van der Waals surface area (Å²) in [6.45, 7) is 4.80. The molecule has 0 spiro atoms. The van der Waals surface area contributed by atoms with Crippen LogP contribution in [0.5, 0.6) is 0 Å². The Morgan fingerprint density at radius 1 is 1.30 bits per heavy atom. The number of hydrogen-bond donors (Lipinski definition) is 3. The van der Waals surface area contributed by atoms with Gasteiger partial charge < -0.3 is 5.73 Å². The summed E-state index contributed by atoms with van der Waals surface area (Å²) < 4.78 is 0. The second-order valence-corrected chi connectivity index (χ2v) is 2.53. The maximum Gasteiger partial charge on any atom is 0.0502 e. The van der Waals surface area contributed by atoms with Crippen LogP contribution in [0.25, 0.3) is 0 Å². The van der Waals surface area contributed by atoms with Gasteiger partial charge in [-0.05, 0) is 13.0 Å². The fourth-order valence-electron chi connectivity index (χ4n) is 1.05. The number of rotatable bonds is 3. The molecule has 4 heteroatoms. The van der Waals surface area contributed by atoms with E-state index in [1.54, 1.807) is 0 Å². The fraction of sp³-hybridized carbons (Fsp3) is 1.00. The summed E-state index contributed by atoms with van der Waals surface area (Å²) in [5.41, 5.74) is 5.38. The minimum Gasteiger partial charge on any atom is -0.330 e. The van der Waals surface area contributed by atoms with Crippen molar-refractivity contribution in [1.82, 2.24) is 15.5 Å². The highest BCUT2D eigenvalue weighted by molar-refractivity contribution is 4.59. The van der Waals surface area contributed by atoms with Crippen molar-refractivity contribution < 1.29 is 0 Å². The SMILES string of the molecule is NCCCN1CNCNC1. The van der Waals surface area contributed by atoms with Crippen LogP contribution in [0.3, 0.4) is 0 Å². The molecular weight excluding hydrogens is 128 g/mol. The van der Waals surface area contributed by atoms with E-state index in [9.17, 15) is 0 Å². The summed E-state index contributed by atoms with van der Waals surface area (Å²) >= 11 is 0. The van der Waals surface area contributed by atoms with Crippen molar-refractivity contribution >= 4 is 0 Å². The second-order valence-electron chi connectivity index (χ2n) is 2.53. The van der Waals surface area contributed by atoms with Gasteiger partial charge in [0.25, 0.3) is 0 Å². The van der Waals surface area contributed by atoms with Gasteiger partial charge in [-0.2, -0.15) is 0 Å². The molecule has 1 aliphatic rings. The first-order valence-electron chi connectivity index (χ1n) is 3.77. The van der Waals surface area contributed by atoms with Crippen LogP contribution in [0.15, 0.2) is 0 Å². The first-order chi connectivity index (χ1) is 4.93. The van der Waals surface area contributed by atoms with Gasteiger partial charge in [0.15, 0.2) is 0 Å². The van der Waals surface area contributed by atoms with E-state index in [0.29, 0.717) is 0 Å². The van der Waals surface area contributed by atoms with E-state index in [0.717, 1.165) is 39.5 Å². The monoisotopic (exact) mass is 144 g/mol. The molecule has 0 unspecified atom stereocenters.